The minimum Gasteiger partial charge on any atom is -0.480 e. The average Bonchev–Trinajstić information content (AvgIpc) is 2.92. The molecular weight excluding hydrogens is 301 g/mol. The van der Waals surface area contributed by atoms with Gasteiger partial charge in [0.2, 0.25) is 11.8 Å². The summed E-state index contributed by atoms with van der Waals surface area (Å²) < 4.78 is 18.1. The molecule has 0 spiro atoms. The number of benzene rings is 1. The standard InChI is InChI=1S/C12H10FN3O4S/c13-8-3-1-7(2-4-8)11-15-16-12(20-11)21-6-9(17)14-5-10(18)19/h1-4H,5-6H2,(H,14,17)(H,18,19). The van der Waals surface area contributed by atoms with Crippen LogP contribution in [0, 0.1) is 5.82 Å². The number of thioether (sulfide) groups is 1. The molecule has 0 aliphatic carbocycles. The van der Waals surface area contributed by atoms with Crippen LogP contribution in [0.3, 0.4) is 0 Å². The Labute approximate surface area is 122 Å². The Hall–Kier alpha value is -2.42. The fraction of sp³-hybridized carbons (Fsp3) is 0.167. The van der Waals surface area contributed by atoms with Crippen LogP contribution in [-0.2, 0) is 9.59 Å². The maximum atomic E-state index is 12.8. The summed E-state index contributed by atoms with van der Waals surface area (Å²) in [6, 6.07) is 5.53. The maximum absolute atomic E-state index is 12.8. The third-order valence-electron chi connectivity index (χ3n) is 2.26. The number of hydrogen-bond acceptors (Lipinski definition) is 6. The summed E-state index contributed by atoms with van der Waals surface area (Å²) in [5.41, 5.74) is 0.561. The molecule has 0 saturated carbocycles. The van der Waals surface area contributed by atoms with E-state index in [9.17, 15) is 14.0 Å². The second-order valence-corrected chi connectivity index (χ2v) is 4.77. The summed E-state index contributed by atoms with van der Waals surface area (Å²) in [5.74, 6) is -1.78. The second-order valence-electron chi connectivity index (χ2n) is 3.84. The molecule has 21 heavy (non-hydrogen) atoms. The zero-order chi connectivity index (χ0) is 15.2. The summed E-state index contributed by atoms with van der Waals surface area (Å²) >= 11 is 0.980. The van der Waals surface area contributed by atoms with Gasteiger partial charge in [0, 0.05) is 5.56 Å². The Balaban J connectivity index is 1.90. The number of carboxylic acids is 1. The van der Waals surface area contributed by atoms with Crippen LogP contribution in [0.2, 0.25) is 0 Å². The predicted octanol–water partition coefficient (Wildman–Crippen LogP) is 1.17. The van der Waals surface area contributed by atoms with E-state index in [1.807, 2.05) is 0 Å². The summed E-state index contributed by atoms with van der Waals surface area (Å²) in [6.45, 7) is -0.440. The lowest BCUT2D eigenvalue weighted by atomic mass is 10.2. The van der Waals surface area contributed by atoms with Crippen LogP contribution in [0.15, 0.2) is 33.9 Å². The minimum atomic E-state index is -1.12. The van der Waals surface area contributed by atoms with Crippen molar-refractivity contribution in [3.63, 3.8) is 0 Å². The van der Waals surface area contributed by atoms with E-state index < -0.39 is 18.4 Å². The van der Waals surface area contributed by atoms with Crippen molar-refractivity contribution >= 4 is 23.6 Å². The number of rotatable bonds is 6. The first kappa shape index (κ1) is 15.0. The van der Waals surface area contributed by atoms with E-state index in [2.05, 4.69) is 15.5 Å². The van der Waals surface area contributed by atoms with Gasteiger partial charge < -0.3 is 14.8 Å². The summed E-state index contributed by atoms with van der Waals surface area (Å²) in [4.78, 5) is 21.6. The number of hydrogen-bond donors (Lipinski definition) is 2. The van der Waals surface area contributed by atoms with E-state index in [0.29, 0.717) is 5.56 Å². The highest BCUT2D eigenvalue weighted by atomic mass is 32.2. The Morgan fingerprint density at radius 1 is 1.29 bits per heavy atom. The SMILES string of the molecule is O=C(O)CNC(=O)CSc1nnc(-c2ccc(F)cc2)o1. The third kappa shape index (κ3) is 4.56. The highest BCUT2D eigenvalue weighted by molar-refractivity contribution is 7.99. The van der Waals surface area contributed by atoms with E-state index in [1.54, 1.807) is 0 Å². The van der Waals surface area contributed by atoms with Gasteiger partial charge in [-0.3, -0.25) is 9.59 Å². The van der Waals surface area contributed by atoms with Crippen LogP contribution in [0.4, 0.5) is 4.39 Å². The van der Waals surface area contributed by atoms with Crippen LogP contribution in [0.1, 0.15) is 0 Å². The zero-order valence-electron chi connectivity index (χ0n) is 10.6. The first-order valence-electron chi connectivity index (χ1n) is 5.75. The van der Waals surface area contributed by atoms with Gasteiger partial charge in [0.25, 0.3) is 5.22 Å². The summed E-state index contributed by atoms with van der Waals surface area (Å²) in [7, 11) is 0. The number of aromatic nitrogens is 2. The number of nitrogens with one attached hydrogen (secondary N) is 1. The first-order valence-corrected chi connectivity index (χ1v) is 6.74. The number of nitrogens with zero attached hydrogens (tertiary/aromatic N) is 2. The molecule has 0 bridgehead atoms. The Morgan fingerprint density at radius 3 is 2.67 bits per heavy atom. The lowest BCUT2D eigenvalue weighted by Crippen LogP contribution is -2.30. The Morgan fingerprint density at radius 2 is 2.00 bits per heavy atom. The molecule has 0 aliphatic rings. The number of carbonyl (C=O) groups is 2. The first-order chi connectivity index (χ1) is 10.0. The fourth-order valence-corrected chi connectivity index (χ4v) is 1.92. The topological polar surface area (TPSA) is 105 Å². The molecule has 0 fully saturated rings. The van der Waals surface area contributed by atoms with Crippen molar-refractivity contribution in [2.75, 3.05) is 12.3 Å². The molecular formula is C12H10FN3O4S. The van der Waals surface area contributed by atoms with Crippen LogP contribution in [0.5, 0.6) is 0 Å². The molecule has 2 N–H and O–H groups in total. The van der Waals surface area contributed by atoms with Crippen LogP contribution >= 0.6 is 11.8 Å². The van der Waals surface area contributed by atoms with E-state index in [1.165, 1.54) is 24.3 Å². The van der Waals surface area contributed by atoms with E-state index in [-0.39, 0.29) is 22.7 Å². The van der Waals surface area contributed by atoms with Crippen molar-refractivity contribution in [2.24, 2.45) is 0 Å². The van der Waals surface area contributed by atoms with Crippen molar-refractivity contribution in [3.05, 3.63) is 30.1 Å². The molecule has 2 rings (SSSR count). The number of halogens is 1. The molecule has 1 aromatic heterocycles. The molecule has 9 heteroatoms. The largest absolute Gasteiger partial charge is 0.480 e. The molecule has 0 unspecified atom stereocenters. The summed E-state index contributed by atoms with van der Waals surface area (Å²) in [5, 5.41) is 18.3. The molecule has 1 aromatic carbocycles. The van der Waals surface area contributed by atoms with Gasteiger partial charge in [0.1, 0.15) is 12.4 Å². The monoisotopic (exact) mass is 311 g/mol. The van der Waals surface area contributed by atoms with Gasteiger partial charge in [-0.15, -0.1) is 10.2 Å². The van der Waals surface area contributed by atoms with Crippen LogP contribution in [-0.4, -0.2) is 39.5 Å². The molecule has 0 atom stereocenters. The zero-order valence-corrected chi connectivity index (χ0v) is 11.4. The number of carboxylic acid groups (broad SMARTS) is 1. The molecule has 1 amide bonds. The molecule has 110 valence electrons. The van der Waals surface area contributed by atoms with Gasteiger partial charge in [-0.1, -0.05) is 11.8 Å². The van der Waals surface area contributed by atoms with Gasteiger partial charge >= 0.3 is 5.97 Å². The van der Waals surface area contributed by atoms with Crippen molar-refractivity contribution in [3.8, 4) is 11.5 Å². The van der Waals surface area contributed by atoms with Crippen molar-refractivity contribution < 1.29 is 23.5 Å². The molecule has 1 heterocycles. The van der Waals surface area contributed by atoms with Crippen molar-refractivity contribution in [2.45, 2.75) is 5.22 Å². The quantitative estimate of drug-likeness (QED) is 0.771. The van der Waals surface area contributed by atoms with E-state index in [4.69, 9.17) is 9.52 Å². The van der Waals surface area contributed by atoms with E-state index >= 15 is 0 Å². The highest BCUT2D eigenvalue weighted by Gasteiger charge is 2.11. The number of aliphatic carboxylic acids is 1. The third-order valence-corrected chi connectivity index (χ3v) is 3.08. The fourth-order valence-electron chi connectivity index (χ4n) is 1.33. The Bertz CT molecular complexity index is 644. The molecule has 0 radical (unpaired) electrons. The van der Waals surface area contributed by atoms with Gasteiger partial charge in [0.15, 0.2) is 0 Å². The van der Waals surface area contributed by atoms with Crippen molar-refractivity contribution in [1.29, 1.82) is 0 Å². The lowest BCUT2D eigenvalue weighted by molar-refractivity contribution is -0.137. The van der Waals surface area contributed by atoms with Crippen LogP contribution in [0.25, 0.3) is 11.5 Å². The maximum Gasteiger partial charge on any atom is 0.322 e. The van der Waals surface area contributed by atoms with E-state index in [0.717, 1.165) is 11.8 Å². The lowest BCUT2D eigenvalue weighted by Gasteiger charge is -1.99. The minimum absolute atomic E-state index is 0.0433. The van der Waals surface area contributed by atoms with Crippen molar-refractivity contribution in [1.82, 2.24) is 15.5 Å². The highest BCUT2D eigenvalue weighted by Crippen LogP contribution is 2.23. The number of amides is 1. The normalized spacial score (nSPS) is 10.3. The van der Waals surface area contributed by atoms with Gasteiger partial charge in [-0.2, -0.15) is 0 Å². The second kappa shape index (κ2) is 6.84. The van der Waals surface area contributed by atoms with Crippen LogP contribution < -0.4 is 5.32 Å². The smallest absolute Gasteiger partial charge is 0.322 e. The molecule has 7 nitrogen and oxygen atoms in total. The summed E-state index contributed by atoms with van der Waals surface area (Å²) in [6.07, 6.45) is 0. The Kier molecular flexibility index (Phi) is 4.88. The van der Waals surface area contributed by atoms with Gasteiger partial charge in [-0.05, 0) is 24.3 Å². The van der Waals surface area contributed by atoms with Gasteiger partial charge in [-0.25, -0.2) is 4.39 Å². The average molecular weight is 311 g/mol. The molecule has 0 saturated heterocycles. The molecule has 2 aromatic rings. The molecule has 0 aliphatic heterocycles. The predicted molar refractivity (Wildman–Crippen MR) is 71.1 cm³/mol. The number of carbonyl (C=O) groups excluding carboxylic acids is 1. The van der Waals surface area contributed by atoms with Gasteiger partial charge in [0.05, 0.1) is 5.75 Å².